The van der Waals surface area contributed by atoms with Crippen molar-refractivity contribution in [3.05, 3.63) is 78.5 Å². The SMILES string of the molecule is COc1ccc(Cn2cnc3c(-c4n[nH]c5ccncc45)nc(-c4cccc(C)n4)nc32)cc1. The highest BCUT2D eigenvalue weighted by Gasteiger charge is 2.20. The van der Waals surface area contributed by atoms with Crippen LogP contribution < -0.4 is 4.74 Å². The Balaban J connectivity index is 1.55. The van der Waals surface area contributed by atoms with Gasteiger partial charge in [-0.05, 0) is 42.8 Å². The Hall–Kier alpha value is -4.66. The number of aryl methyl sites for hydroxylation is 1. The van der Waals surface area contributed by atoms with E-state index in [-0.39, 0.29) is 0 Å². The van der Waals surface area contributed by atoms with E-state index in [1.807, 2.05) is 60.0 Å². The van der Waals surface area contributed by atoms with E-state index in [2.05, 4.69) is 25.1 Å². The van der Waals surface area contributed by atoms with Crippen LogP contribution in [0, 0.1) is 6.92 Å². The zero-order valence-corrected chi connectivity index (χ0v) is 18.6. The predicted molar refractivity (Wildman–Crippen MR) is 128 cm³/mol. The molecular weight excluding hydrogens is 428 g/mol. The second-order valence-electron chi connectivity index (χ2n) is 7.95. The van der Waals surface area contributed by atoms with Gasteiger partial charge in [-0.2, -0.15) is 5.10 Å². The molecule has 1 aromatic carbocycles. The highest BCUT2D eigenvalue weighted by molar-refractivity contribution is 5.98. The molecule has 0 saturated heterocycles. The molecule has 1 N–H and O–H groups in total. The Morgan fingerprint density at radius 1 is 0.971 bits per heavy atom. The molecule has 34 heavy (non-hydrogen) atoms. The minimum atomic E-state index is 0.516. The number of H-pyrrole nitrogens is 1. The van der Waals surface area contributed by atoms with Crippen LogP contribution in [-0.4, -0.2) is 46.8 Å². The van der Waals surface area contributed by atoms with E-state index in [1.165, 1.54) is 0 Å². The van der Waals surface area contributed by atoms with E-state index in [0.29, 0.717) is 40.6 Å². The summed E-state index contributed by atoms with van der Waals surface area (Å²) in [6, 6.07) is 15.6. The summed E-state index contributed by atoms with van der Waals surface area (Å²) >= 11 is 0. The molecular formula is C25H20N8O. The van der Waals surface area contributed by atoms with Gasteiger partial charge in [0.2, 0.25) is 0 Å². The minimum absolute atomic E-state index is 0.516. The van der Waals surface area contributed by atoms with Crippen LogP contribution in [-0.2, 0) is 6.54 Å². The summed E-state index contributed by atoms with van der Waals surface area (Å²) in [5.74, 6) is 1.33. The number of aromatic amines is 1. The topological polar surface area (TPSA) is 107 Å². The molecule has 0 atom stereocenters. The lowest BCUT2D eigenvalue weighted by Gasteiger charge is -2.08. The lowest BCUT2D eigenvalue weighted by Crippen LogP contribution is -2.03. The number of hydrogen-bond donors (Lipinski definition) is 1. The molecule has 9 nitrogen and oxygen atoms in total. The number of methoxy groups -OCH3 is 1. The molecule has 5 heterocycles. The summed E-state index contributed by atoms with van der Waals surface area (Å²) in [6.07, 6.45) is 5.29. The van der Waals surface area contributed by atoms with Gasteiger partial charge in [0, 0.05) is 23.5 Å². The quantitative estimate of drug-likeness (QED) is 0.421. The van der Waals surface area contributed by atoms with Gasteiger partial charge in [-0.3, -0.25) is 10.1 Å². The number of fused-ring (bicyclic) bond motifs is 2. The lowest BCUT2D eigenvalue weighted by atomic mass is 10.2. The molecule has 6 rings (SSSR count). The van der Waals surface area contributed by atoms with Gasteiger partial charge in [0.1, 0.15) is 28.3 Å². The smallest absolute Gasteiger partial charge is 0.181 e. The second kappa shape index (κ2) is 8.04. The summed E-state index contributed by atoms with van der Waals surface area (Å²) in [7, 11) is 1.66. The minimum Gasteiger partial charge on any atom is -0.497 e. The Morgan fingerprint density at radius 2 is 1.85 bits per heavy atom. The van der Waals surface area contributed by atoms with E-state index in [1.54, 1.807) is 25.8 Å². The van der Waals surface area contributed by atoms with Crippen molar-refractivity contribution in [2.75, 3.05) is 7.11 Å². The third-order valence-corrected chi connectivity index (χ3v) is 5.68. The van der Waals surface area contributed by atoms with Crippen LogP contribution in [0.3, 0.4) is 0 Å². The third kappa shape index (κ3) is 3.43. The van der Waals surface area contributed by atoms with Crippen LogP contribution in [0.1, 0.15) is 11.3 Å². The first-order valence-electron chi connectivity index (χ1n) is 10.8. The molecule has 0 radical (unpaired) electrons. The average Bonchev–Trinajstić information content (AvgIpc) is 3.48. The van der Waals surface area contributed by atoms with Crippen molar-refractivity contribution >= 4 is 22.1 Å². The summed E-state index contributed by atoms with van der Waals surface area (Å²) in [5.41, 5.74) is 6.26. The molecule has 166 valence electrons. The Labute approximate surface area is 194 Å². The van der Waals surface area contributed by atoms with E-state index in [4.69, 9.17) is 14.7 Å². The zero-order chi connectivity index (χ0) is 23.1. The van der Waals surface area contributed by atoms with Crippen LogP contribution in [0.25, 0.3) is 45.0 Å². The molecule has 0 aliphatic rings. The van der Waals surface area contributed by atoms with Gasteiger partial charge in [0.05, 0.1) is 25.5 Å². The predicted octanol–water partition coefficient (Wildman–Crippen LogP) is 4.19. The summed E-state index contributed by atoms with van der Waals surface area (Å²) < 4.78 is 7.29. The first-order valence-corrected chi connectivity index (χ1v) is 10.8. The molecule has 0 fully saturated rings. The Bertz CT molecular complexity index is 1630. The first-order chi connectivity index (χ1) is 16.7. The molecule has 6 aromatic rings. The standard InChI is InChI=1S/C25H20N8O/c1-15-4-3-5-20(28-15)24-29-22(21-18-12-26-11-10-19(18)31-32-21)23-25(30-24)33(14-27-23)13-16-6-8-17(34-2)9-7-16/h3-12,14H,13H2,1-2H3,(H,31,32). The van der Waals surface area contributed by atoms with Gasteiger partial charge < -0.3 is 9.30 Å². The molecule has 0 bridgehead atoms. The van der Waals surface area contributed by atoms with Crippen LogP contribution in [0.2, 0.25) is 0 Å². The molecule has 0 spiro atoms. The molecule has 0 aliphatic carbocycles. The van der Waals surface area contributed by atoms with Gasteiger partial charge in [-0.25, -0.2) is 19.9 Å². The van der Waals surface area contributed by atoms with Crippen LogP contribution in [0.4, 0.5) is 0 Å². The molecule has 9 heteroatoms. The van der Waals surface area contributed by atoms with Gasteiger partial charge in [0.25, 0.3) is 0 Å². The average molecular weight is 448 g/mol. The molecule has 0 unspecified atom stereocenters. The monoisotopic (exact) mass is 448 g/mol. The third-order valence-electron chi connectivity index (χ3n) is 5.68. The fourth-order valence-corrected chi connectivity index (χ4v) is 3.97. The zero-order valence-electron chi connectivity index (χ0n) is 18.6. The second-order valence-corrected chi connectivity index (χ2v) is 7.95. The first kappa shape index (κ1) is 20.0. The highest BCUT2D eigenvalue weighted by atomic mass is 16.5. The van der Waals surface area contributed by atoms with E-state index in [0.717, 1.165) is 27.9 Å². The molecule has 0 saturated carbocycles. The molecule has 5 aromatic heterocycles. The normalized spacial score (nSPS) is 11.4. The van der Waals surface area contributed by atoms with E-state index < -0.39 is 0 Å². The van der Waals surface area contributed by atoms with E-state index >= 15 is 0 Å². The number of aromatic nitrogens is 8. The van der Waals surface area contributed by atoms with Crippen molar-refractivity contribution in [2.45, 2.75) is 13.5 Å². The van der Waals surface area contributed by atoms with Crippen molar-refractivity contribution in [2.24, 2.45) is 0 Å². The van der Waals surface area contributed by atoms with Crippen LogP contribution in [0.15, 0.2) is 67.3 Å². The number of nitrogens with zero attached hydrogens (tertiary/aromatic N) is 7. The molecule has 0 amide bonds. The number of rotatable bonds is 5. The number of pyridine rings is 2. The van der Waals surface area contributed by atoms with Crippen LogP contribution >= 0.6 is 0 Å². The van der Waals surface area contributed by atoms with Crippen molar-refractivity contribution in [3.8, 4) is 28.7 Å². The number of ether oxygens (including phenoxy) is 1. The van der Waals surface area contributed by atoms with Gasteiger partial charge in [-0.1, -0.05) is 18.2 Å². The Kier molecular flexibility index (Phi) is 4.72. The number of benzene rings is 1. The van der Waals surface area contributed by atoms with Crippen molar-refractivity contribution in [1.82, 2.24) is 39.7 Å². The van der Waals surface area contributed by atoms with Crippen molar-refractivity contribution < 1.29 is 4.74 Å². The number of nitrogens with one attached hydrogen (secondary N) is 1. The van der Waals surface area contributed by atoms with E-state index in [9.17, 15) is 0 Å². The maximum atomic E-state index is 5.28. The van der Waals surface area contributed by atoms with Gasteiger partial charge >= 0.3 is 0 Å². The summed E-state index contributed by atoms with van der Waals surface area (Å²) in [5, 5.41) is 8.48. The highest BCUT2D eigenvalue weighted by Crippen LogP contribution is 2.31. The summed E-state index contributed by atoms with van der Waals surface area (Å²) in [6.45, 7) is 2.55. The fourth-order valence-electron chi connectivity index (χ4n) is 3.97. The van der Waals surface area contributed by atoms with Crippen molar-refractivity contribution in [3.63, 3.8) is 0 Å². The maximum Gasteiger partial charge on any atom is 0.181 e. The Morgan fingerprint density at radius 3 is 2.68 bits per heavy atom. The van der Waals surface area contributed by atoms with Gasteiger partial charge in [0.15, 0.2) is 11.5 Å². The number of hydrogen-bond acceptors (Lipinski definition) is 7. The fraction of sp³-hybridized carbons (Fsp3) is 0.120. The van der Waals surface area contributed by atoms with Crippen molar-refractivity contribution in [1.29, 1.82) is 0 Å². The lowest BCUT2D eigenvalue weighted by molar-refractivity contribution is 0.414. The number of imidazole rings is 1. The van der Waals surface area contributed by atoms with Gasteiger partial charge in [-0.15, -0.1) is 0 Å². The molecule has 0 aliphatic heterocycles. The largest absolute Gasteiger partial charge is 0.497 e. The maximum absolute atomic E-state index is 5.28. The summed E-state index contributed by atoms with van der Waals surface area (Å²) in [4.78, 5) is 23.3. The van der Waals surface area contributed by atoms with Crippen LogP contribution in [0.5, 0.6) is 5.75 Å².